The zero-order chi connectivity index (χ0) is 9.56. The molecule has 1 N–H and O–H groups in total. The molecule has 0 aliphatic rings. The van der Waals surface area contributed by atoms with E-state index in [0.717, 1.165) is 0 Å². The van der Waals surface area contributed by atoms with Gasteiger partial charge in [0.25, 0.3) is 0 Å². The first-order valence-corrected chi connectivity index (χ1v) is 5.08. The fourth-order valence-corrected chi connectivity index (χ4v) is 1.43. The zero-order valence-electron chi connectivity index (χ0n) is 9.22. The first kappa shape index (κ1) is 11.9. The highest BCUT2D eigenvalue weighted by molar-refractivity contribution is 4.69. The van der Waals surface area contributed by atoms with Crippen molar-refractivity contribution in [3.05, 3.63) is 0 Å². The fraction of sp³-hybridized carbons (Fsp3) is 1.00. The Bertz CT molecular complexity index is 98.0. The Kier molecular flexibility index (Phi) is 6.39. The second-order valence-electron chi connectivity index (χ2n) is 3.57. The standard InChI is InChI=1S/C10H24N2/c1-6-9(7-2)11-10(8-3)12(4)5/h9-11H,6-8H2,1-5H3. The molecule has 0 aromatic carbocycles. The summed E-state index contributed by atoms with van der Waals surface area (Å²) in [7, 11) is 4.26. The molecule has 0 aliphatic heterocycles. The minimum atomic E-state index is 0.537. The van der Waals surface area contributed by atoms with E-state index in [9.17, 15) is 0 Å². The van der Waals surface area contributed by atoms with E-state index in [2.05, 4.69) is 45.1 Å². The maximum absolute atomic E-state index is 3.63. The summed E-state index contributed by atoms with van der Waals surface area (Å²) in [6.07, 6.45) is 4.15. The molecular weight excluding hydrogens is 148 g/mol. The van der Waals surface area contributed by atoms with E-state index in [1.165, 1.54) is 19.3 Å². The van der Waals surface area contributed by atoms with Crippen LogP contribution < -0.4 is 5.32 Å². The van der Waals surface area contributed by atoms with Crippen molar-refractivity contribution in [1.82, 2.24) is 10.2 Å². The van der Waals surface area contributed by atoms with Gasteiger partial charge in [0.2, 0.25) is 0 Å². The number of nitrogens with zero attached hydrogens (tertiary/aromatic N) is 1. The molecule has 1 atom stereocenters. The minimum Gasteiger partial charge on any atom is -0.299 e. The molecule has 0 aromatic rings. The Morgan fingerprint density at radius 2 is 1.50 bits per heavy atom. The Labute approximate surface area is 77.3 Å². The lowest BCUT2D eigenvalue weighted by Gasteiger charge is -2.28. The van der Waals surface area contributed by atoms with Crippen molar-refractivity contribution in [3.8, 4) is 0 Å². The van der Waals surface area contributed by atoms with E-state index in [1.54, 1.807) is 0 Å². The van der Waals surface area contributed by atoms with Crippen LogP contribution in [-0.2, 0) is 0 Å². The predicted molar refractivity (Wildman–Crippen MR) is 55.3 cm³/mol. The van der Waals surface area contributed by atoms with Crippen molar-refractivity contribution < 1.29 is 0 Å². The van der Waals surface area contributed by atoms with Crippen molar-refractivity contribution in [2.45, 2.75) is 52.2 Å². The second kappa shape index (κ2) is 6.44. The van der Waals surface area contributed by atoms with Gasteiger partial charge >= 0.3 is 0 Å². The van der Waals surface area contributed by atoms with Crippen LogP contribution in [0.4, 0.5) is 0 Å². The Morgan fingerprint density at radius 1 is 1.00 bits per heavy atom. The summed E-state index contributed by atoms with van der Waals surface area (Å²) < 4.78 is 0. The maximum atomic E-state index is 3.63. The Morgan fingerprint density at radius 3 is 1.75 bits per heavy atom. The SMILES string of the molecule is CCC(CC)NC(CC)N(C)C. The molecule has 0 heterocycles. The molecular formula is C10H24N2. The van der Waals surface area contributed by atoms with E-state index < -0.39 is 0 Å². The normalized spacial score (nSPS) is 14.2. The molecule has 0 bridgehead atoms. The molecule has 0 aliphatic carbocycles. The van der Waals surface area contributed by atoms with E-state index in [1.807, 2.05) is 0 Å². The van der Waals surface area contributed by atoms with Gasteiger partial charge in [0, 0.05) is 6.04 Å². The van der Waals surface area contributed by atoms with E-state index in [4.69, 9.17) is 0 Å². The lowest BCUT2D eigenvalue weighted by Crippen LogP contribution is -2.45. The smallest absolute Gasteiger partial charge is 0.0591 e. The largest absolute Gasteiger partial charge is 0.299 e. The zero-order valence-corrected chi connectivity index (χ0v) is 9.22. The summed E-state index contributed by atoms with van der Waals surface area (Å²) in [6.45, 7) is 6.70. The first-order chi connectivity index (χ1) is 5.65. The van der Waals surface area contributed by atoms with Gasteiger partial charge in [0.05, 0.1) is 6.17 Å². The van der Waals surface area contributed by atoms with E-state index in [0.29, 0.717) is 12.2 Å². The van der Waals surface area contributed by atoms with Gasteiger partial charge in [-0.1, -0.05) is 20.8 Å². The number of nitrogens with one attached hydrogen (secondary N) is 1. The molecule has 0 radical (unpaired) electrons. The maximum Gasteiger partial charge on any atom is 0.0591 e. The van der Waals surface area contributed by atoms with Crippen molar-refractivity contribution >= 4 is 0 Å². The third-order valence-corrected chi connectivity index (χ3v) is 2.42. The Hall–Kier alpha value is -0.0800. The van der Waals surface area contributed by atoms with Crippen LogP contribution in [0.1, 0.15) is 40.0 Å². The second-order valence-corrected chi connectivity index (χ2v) is 3.57. The van der Waals surface area contributed by atoms with Gasteiger partial charge in [-0.05, 0) is 33.4 Å². The lowest BCUT2D eigenvalue weighted by molar-refractivity contribution is 0.213. The third-order valence-electron chi connectivity index (χ3n) is 2.42. The van der Waals surface area contributed by atoms with Gasteiger partial charge in [-0.15, -0.1) is 0 Å². The molecule has 2 nitrogen and oxygen atoms in total. The topological polar surface area (TPSA) is 15.3 Å². The lowest BCUT2D eigenvalue weighted by atomic mass is 10.1. The molecule has 74 valence electrons. The highest BCUT2D eigenvalue weighted by Gasteiger charge is 2.11. The molecule has 0 amide bonds. The first-order valence-electron chi connectivity index (χ1n) is 5.08. The van der Waals surface area contributed by atoms with Crippen LogP contribution in [0.15, 0.2) is 0 Å². The quantitative estimate of drug-likeness (QED) is 0.617. The molecule has 2 heteroatoms. The summed E-state index contributed by atoms with van der Waals surface area (Å²) in [4.78, 5) is 2.25. The van der Waals surface area contributed by atoms with Gasteiger partial charge in [-0.2, -0.15) is 0 Å². The van der Waals surface area contributed by atoms with Crippen molar-refractivity contribution in [2.75, 3.05) is 14.1 Å². The number of hydrogen-bond donors (Lipinski definition) is 1. The fourth-order valence-electron chi connectivity index (χ4n) is 1.43. The van der Waals surface area contributed by atoms with E-state index >= 15 is 0 Å². The van der Waals surface area contributed by atoms with Crippen molar-refractivity contribution in [2.24, 2.45) is 0 Å². The van der Waals surface area contributed by atoms with Crippen LogP contribution in [0.2, 0.25) is 0 Å². The monoisotopic (exact) mass is 172 g/mol. The molecule has 1 unspecified atom stereocenters. The van der Waals surface area contributed by atoms with Gasteiger partial charge in [0.15, 0.2) is 0 Å². The molecule has 0 rings (SSSR count). The van der Waals surface area contributed by atoms with Gasteiger partial charge in [0.1, 0.15) is 0 Å². The molecule has 0 saturated heterocycles. The van der Waals surface area contributed by atoms with Crippen molar-refractivity contribution in [3.63, 3.8) is 0 Å². The average molecular weight is 172 g/mol. The minimum absolute atomic E-state index is 0.537. The van der Waals surface area contributed by atoms with Crippen molar-refractivity contribution in [1.29, 1.82) is 0 Å². The molecule has 0 aromatic heterocycles. The van der Waals surface area contributed by atoms with Crippen LogP contribution in [0, 0.1) is 0 Å². The molecule has 12 heavy (non-hydrogen) atoms. The van der Waals surface area contributed by atoms with Crippen LogP contribution in [-0.4, -0.2) is 31.2 Å². The molecule has 0 saturated carbocycles. The predicted octanol–water partition coefficient (Wildman–Crippen LogP) is 2.06. The van der Waals surface area contributed by atoms with Crippen LogP contribution in [0.5, 0.6) is 0 Å². The molecule has 0 fully saturated rings. The summed E-state index contributed by atoms with van der Waals surface area (Å²) in [5, 5.41) is 3.63. The summed E-state index contributed by atoms with van der Waals surface area (Å²) >= 11 is 0. The van der Waals surface area contributed by atoms with Crippen LogP contribution in [0.25, 0.3) is 0 Å². The van der Waals surface area contributed by atoms with Crippen LogP contribution in [0.3, 0.4) is 0 Å². The van der Waals surface area contributed by atoms with Gasteiger partial charge in [-0.25, -0.2) is 0 Å². The highest BCUT2D eigenvalue weighted by atomic mass is 15.2. The highest BCUT2D eigenvalue weighted by Crippen LogP contribution is 2.02. The Balaban J connectivity index is 3.82. The molecule has 0 spiro atoms. The summed E-state index contributed by atoms with van der Waals surface area (Å²) in [6, 6.07) is 0.678. The van der Waals surface area contributed by atoms with Crippen LogP contribution >= 0.6 is 0 Å². The van der Waals surface area contributed by atoms with E-state index in [-0.39, 0.29) is 0 Å². The number of hydrogen-bond acceptors (Lipinski definition) is 2. The number of rotatable bonds is 6. The van der Waals surface area contributed by atoms with Gasteiger partial charge in [-0.3, -0.25) is 10.2 Å². The average Bonchev–Trinajstić information content (AvgIpc) is 2.06. The third kappa shape index (κ3) is 4.07. The summed E-state index contributed by atoms with van der Waals surface area (Å²) in [5.74, 6) is 0. The van der Waals surface area contributed by atoms with Gasteiger partial charge < -0.3 is 0 Å². The summed E-state index contributed by atoms with van der Waals surface area (Å²) in [5.41, 5.74) is 0.